The van der Waals surface area contributed by atoms with Gasteiger partial charge in [0, 0.05) is 47.5 Å². The molecule has 0 spiro atoms. The average molecular weight is 419 g/mol. The lowest BCUT2D eigenvalue weighted by atomic mass is 9.96. The Kier molecular flexibility index (Phi) is 5.42. The van der Waals surface area contributed by atoms with Gasteiger partial charge in [-0.2, -0.15) is 0 Å². The van der Waals surface area contributed by atoms with Crippen LogP contribution < -0.4 is 10.1 Å². The van der Waals surface area contributed by atoms with E-state index in [0.29, 0.717) is 0 Å². The smallest absolute Gasteiger partial charge is 0.134 e. The summed E-state index contributed by atoms with van der Waals surface area (Å²) in [6.07, 6.45) is 3.00. The molecule has 31 heavy (non-hydrogen) atoms. The molecule has 0 radical (unpaired) electrons. The van der Waals surface area contributed by atoms with Crippen molar-refractivity contribution in [3.8, 4) is 5.75 Å². The average Bonchev–Trinajstić information content (AvgIpc) is 3.20. The Morgan fingerprint density at radius 2 is 1.94 bits per heavy atom. The minimum atomic E-state index is 0.849. The van der Waals surface area contributed by atoms with Crippen molar-refractivity contribution in [3.05, 3.63) is 41.6 Å². The number of fused-ring (bicyclic) bond motifs is 4. The van der Waals surface area contributed by atoms with Crippen molar-refractivity contribution in [3.63, 3.8) is 0 Å². The van der Waals surface area contributed by atoms with Crippen LogP contribution >= 0.6 is 0 Å². The Morgan fingerprint density at radius 3 is 2.74 bits per heavy atom. The number of aromatic nitrogens is 2. The maximum absolute atomic E-state index is 5.49. The van der Waals surface area contributed by atoms with Crippen molar-refractivity contribution in [2.75, 3.05) is 51.8 Å². The minimum Gasteiger partial charge on any atom is -0.497 e. The standard InChI is InChI=1S/C25H30N4O2/c1-16-19-7-9-27-25(26-8-4-10-29-11-13-31-14-12-29)23(19)17(2)22-20-15-18(30-3)5-6-21(20)28-24(16)22/h5-7,9,15,28H,4,8,10-14H2,1-3H3,(H,26,27). The summed E-state index contributed by atoms with van der Waals surface area (Å²) < 4.78 is 10.9. The van der Waals surface area contributed by atoms with Crippen molar-refractivity contribution in [1.29, 1.82) is 0 Å². The van der Waals surface area contributed by atoms with Gasteiger partial charge in [0.15, 0.2) is 0 Å². The summed E-state index contributed by atoms with van der Waals surface area (Å²) in [5.74, 6) is 1.84. The van der Waals surface area contributed by atoms with Crippen LogP contribution in [0.3, 0.4) is 0 Å². The van der Waals surface area contributed by atoms with E-state index in [4.69, 9.17) is 14.5 Å². The van der Waals surface area contributed by atoms with Crippen LogP contribution in [-0.4, -0.2) is 61.4 Å². The van der Waals surface area contributed by atoms with Gasteiger partial charge in [-0.3, -0.25) is 4.90 Å². The number of nitrogens with zero attached hydrogens (tertiary/aromatic N) is 2. The molecule has 1 fully saturated rings. The molecule has 6 nitrogen and oxygen atoms in total. The molecule has 5 rings (SSSR count). The van der Waals surface area contributed by atoms with Gasteiger partial charge in [-0.15, -0.1) is 0 Å². The fourth-order valence-electron chi connectivity index (χ4n) is 4.85. The third-order valence-electron chi connectivity index (χ3n) is 6.53. The zero-order chi connectivity index (χ0) is 21.4. The molecule has 2 aromatic heterocycles. The third-order valence-corrected chi connectivity index (χ3v) is 6.53. The molecule has 162 valence electrons. The summed E-state index contributed by atoms with van der Waals surface area (Å²) in [6.45, 7) is 10.2. The van der Waals surface area contributed by atoms with Gasteiger partial charge in [0.1, 0.15) is 11.6 Å². The Morgan fingerprint density at radius 1 is 1.10 bits per heavy atom. The van der Waals surface area contributed by atoms with Crippen LogP contribution in [0.4, 0.5) is 5.82 Å². The number of pyridine rings is 1. The number of rotatable bonds is 6. The van der Waals surface area contributed by atoms with Gasteiger partial charge in [0.05, 0.1) is 25.8 Å². The lowest BCUT2D eigenvalue weighted by Crippen LogP contribution is -2.37. The second kappa shape index (κ2) is 8.36. The predicted molar refractivity (Wildman–Crippen MR) is 127 cm³/mol. The van der Waals surface area contributed by atoms with Crippen LogP contribution in [0.15, 0.2) is 30.5 Å². The number of hydrogen-bond acceptors (Lipinski definition) is 5. The molecule has 0 aliphatic carbocycles. The van der Waals surface area contributed by atoms with E-state index in [1.807, 2.05) is 12.3 Å². The Labute approximate surface area is 182 Å². The van der Waals surface area contributed by atoms with Gasteiger partial charge < -0.3 is 19.8 Å². The zero-order valence-electron chi connectivity index (χ0n) is 18.5. The van der Waals surface area contributed by atoms with E-state index in [9.17, 15) is 0 Å². The van der Waals surface area contributed by atoms with Gasteiger partial charge in [-0.1, -0.05) is 0 Å². The first kappa shape index (κ1) is 20.1. The highest BCUT2D eigenvalue weighted by Gasteiger charge is 2.17. The first-order chi connectivity index (χ1) is 15.2. The SMILES string of the molecule is COc1ccc2[nH]c3c(C)c4ccnc(NCCCN5CCOCC5)c4c(C)c3c2c1. The zero-order valence-corrected chi connectivity index (χ0v) is 18.5. The molecular formula is C25H30N4O2. The van der Waals surface area contributed by atoms with E-state index in [0.717, 1.165) is 62.9 Å². The molecule has 0 bridgehead atoms. The molecule has 0 saturated carbocycles. The molecule has 3 heterocycles. The largest absolute Gasteiger partial charge is 0.497 e. The number of benzene rings is 2. The quantitative estimate of drug-likeness (QED) is 0.447. The molecule has 1 aliphatic heterocycles. The third kappa shape index (κ3) is 3.60. The maximum atomic E-state index is 5.49. The first-order valence-corrected chi connectivity index (χ1v) is 11.1. The molecule has 0 unspecified atom stereocenters. The lowest BCUT2D eigenvalue weighted by molar-refractivity contribution is 0.0378. The molecule has 0 amide bonds. The Hall–Kier alpha value is -2.83. The van der Waals surface area contributed by atoms with E-state index < -0.39 is 0 Å². The highest BCUT2D eigenvalue weighted by Crippen LogP contribution is 2.39. The summed E-state index contributed by atoms with van der Waals surface area (Å²) in [5, 5.41) is 8.52. The molecule has 1 saturated heterocycles. The predicted octanol–water partition coefficient (Wildman–Crippen LogP) is 4.63. The Balaban J connectivity index is 1.51. The van der Waals surface area contributed by atoms with Crippen molar-refractivity contribution < 1.29 is 9.47 Å². The summed E-state index contributed by atoms with van der Waals surface area (Å²) in [7, 11) is 1.71. The van der Waals surface area contributed by atoms with Gasteiger partial charge in [-0.05, 0) is 67.6 Å². The van der Waals surface area contributed by atoms with Gasteiger partial charge in [0.25, 0.3) is 0 Å². The number of morpholine rings is 1. The minimum absolute atomic E-state index is 0.849. The van der Waals surface area contributed by atoms with Crippen LogP contribution in [0.25, 0.3) is 32.6 Å². The molecule has 2 N–H and O–H groups in total. The molecule has 6 heteroatoms. The number of ether oxygens (including phenoxy) is 2. The van der Waals surface area contributed by atoms with Crippen LogP contribution in [0.1, 0.15) is 17.5 Å². The number of nitrogens with one attached hydrogen (secondary N) is 2. The number of aryl methyl sites for hydroxylation is 2. The second-order valence-corrected chi connectivity index (χ2v) is 8.35. The lowest BCUT2D eigenvalue weighted by Gasteiger charge is -2.26. The van der Waals surface area contributed by atoms with Crippen LogP contribution in [0.5, 0.6) is 5.75 Å². The monoisotopic (exact) mass is 418 g/mol. The number of anilines is 1. The number of aromatic amines is 1. The molecule has 2 aromatic carbocycles. The van der Waals surface area contributed by atoms with Crippen LogP contribution in [-0.2, 0) is 4.74 Å². The van der Waals surface area contributed by atoms with Gasteiger partial charge >= 0.3 is 0 Å². The van der Waals surface area contributed by atoms with Crippen molar-refractivity contribution >= 4 is 38.4 Å². The van der Waals surface area contributed by atoms with Crippen molar-refractivity contribution in [2.24, 2.45) is 0 Å². The highest BCUT2D eigenvalue weighted by atomic mass is 16.5. The normalized spacial score (nSPS) is 15.2. The van der Waals surface area contributed by atoms with E-state index in [1.165, 1.54) is 38.2 Å². The summed E-state index contributed by atoms with van der Waals surface area (Å²) >= 11 is 0. The van der Waals surface area contributed by atoms with E-state index in [1.54, 1.807) is 7.11 Å². The summed E-state index contributed by atoms with van der Waals surface area (Å²) in [6, 6.07) is 8.35. The van der Waals surface area contributed by atoms with Crippen LogP contribution in [0, 0.1) is 13.8 Å². The van der Waals surface area contributed by atoms with Crippen molar-refractivity contribution in [1.82, 2.24) is 14.9 Å². The van der Waals surface area contributed by atoms with Crippen molar-refractivity contribution in [2.45, 2.75) is 20.3 Å². The number of hydrogen-bond donors (Lipinski definition) is 2. The molecule has 4 aromatic rings. The highest BCUT2D eigenvalue weighted by molar-refractivity contribution is 6.18. The summed E-state index contributed by atoms with van der Waals surface area (Å²) in [4.78, 5) is 10.8. The first-order valence-electron chi connectivity index (χ1n) is 11.1. The fourth-order valence-corrected chi connectivity index (χ4v) is 4.85. The number of H-pyrrole nitrogens is 1. The van der Waals surface area contributed by atoms with E-state index in [2.05, 4.69) is 47.2 Å². The second-order valence-electron chi connectivity index (χ2n) is 8.35. The van der Waals surface area contributed by atoms with E-state index in [-0.39, 0.29) is 0 Å². The number of methoxy groups -OCH3 is 1. The van der Waals surface area contributed by atoms with Gasteiger partial charge in [0.2, 0.25) is 0 Å². The van der Waals surface area contributed by atoms with Crippen LogP contribution in [0.2, 0.25) is 0 Å². The summed E-state index contributed by atoms with van der Waals surface area (Å²) in [5.41, 5.74) is 4.83. The topological polar surface area (TPSA) is 62.4 Å². The Bertz CT molecular complexity index is 1240. The molecule has 1 aliphatic rings. The fraction of sp³-hybridized carbons (Fsp3) is 0.400. The molecule has 0 atom stereocenters. The van der Waals surface area contributed by atoms with E-state index >= 15 is 0 Å². The maximum Gasteiger partial charge on any atom is 0.134 e. The van der Waals surface area contributed by atoms with Gasteiger partial charge in [-0.25, -0.2) is 4.98 Å². The molecular weight excluding hydrogens is 388 g/mol.